The van der Waals surface area contributed by atoms with E-state index < -0.39 is 0 Å². The van der Waals surface area contributed by atoms with Gasteiger partial charge in [-0.25, -0.2) is 4.79 Å². The molecule has 0 aromatic heterocycles. The Morgan fingerprint density at radius 2 is 2.33 bits per heavy atom. The SMILES string of the molecule is COC(=O)C1=C/C=C\C=NC=C1. The van der Waals surface area contributed by atoms with Crippen LogP contribution in [-0.4, -0.2) is 19.3 Å². The molecule has 3 nitrogen and oxygen atoms in total. The number of aliphatic imine (C=N–C) groups is 1. The third-order valence-electron chi connectivity index (χ3n) is 1.32. The summed E-state index contributed by atoms with van der Waals surface area (Å²) < 4.78 is 4.54. The first-order valence-corrected chi connectivity index (χ1v) is 3.49. The van der Waals surface area contributed by atoms with E-state index in [1.165, 1.54) is 7.11 Å². The number of nitrogens with zero attached hydrogens (tertiary/aromatic N) is 1. The standard InChI is InChI=1S/C9H9NO2/c1-12-9(11)8-4-2-3-6-10-7-5-8/h2-7H,1H3/b3-2-,4-2?,6-3?,7-5?,8-4?,8-5?,10-6?,10-7?. The van der Waals surface area contributed by atoms with E-state index in [1.807, 2.05) is 0 Å². The highest BCUT2D eigenvalue weighted by Crippen LogP contribution is 2.01. The predicted molar refractivity (Wildman–Crippen MR) is 46.9 cm³/mol. The molecule has 0 amide bonds. The molecular weight excluding hydrogens is 154 g/mol. The molecule has 1 aliphatic heterocycles. The van der Waals surface area contributed by atoms with Crippen molar-refractivity contribution in [3.63, 3.8) is 0 Å². The van der Waals surface area contributed by atoms with Crippen molar-refractivity contribution in [3.05, 3.63) is 36.1 Å². The van der Waals surface area contributed by atoms with Crippen LogP contribution in [0.1, 0.15) is 0 Å². The molecule has 0 spiro atoms. The Morgan fingerprint density at radius 1 is 1.50 bits per heavy atom. The van der Waals surface area contributed by atoms with Crippen molar-refractivity contribution >= 4 is 12.2 Å². The molecule has 0 saturated heterocycles. The number of hydrogen-bond donors (Lipinski definition) is 0. The lowest BCUT2D eigenvalue weighted by atomic mass is 10.2. The summed E-state index contributed by atoms with van der Waals surface area (Å²) >= 11 is 0. The topological polar surface area (TPSA) is 38.7 Å². The molecule has 3 heteroatoms. The molecular formula is C9H9NO2. The molecule has 0 saturated carbocycles. The van der Waals surface area contributed by atoms with Gasteiger partial charge in [0.2, 0.25) is 0 Å². The fourth-order valence-electron chi connectivity index (χ4n) is 0.741. The summed E-state index contributed by atoms with van der Waals surface area (Å²) in [5, 5.41) is 0. The number of ether oxygens (including phenoxy) is 1. The van der Waals surface area contributed by atoms with Gasteiger partial charge in [-0.2, -0.15) is 0 Å². The van der Waals surface area contributed by atoms with Crippen molar-refractivity contribution in [2.45, 2.75) is 0 Å². The molecule has 0 aliphatic carbocycles. The summed E-state index contributed by atoms with van der Waals surface area (Å²) in [4.78, 5) is 14.9. The van der Waals surface area contributed by atoms with Gasteiger partial charge in [-0.05, 0) is 18.2 Å². The van der Waals surface area contributed by atoms with Crippen molar-refractivity contribution in [2.75, 3.05) is 7.11 Å². The first-order valence-electron chi connectivity index (χ1n) is 3.49. The molecule has 62 valence electrons. The van der Waals surface area contributed by atoms with Crippen molar-refractivity contribution in [3.8, 4) is 0 Å². The summed E-state index contributed by atoms with van der Waals surface area (Å²) in [5.41, 5.74) is 0.491. The lowest BCUT2D eigenvalue weighted by Gasteiger charge is -1.97. The van der Waals surface area contributed by atoms with Gasteiger partial charge in [0, 0.05) is 12.4 Å². The summed E-state index contributed by atoms with van der Waals surface area (Å²) in [6.45, 7) is 0. The number of carbonyl (C=O) groups excluding carboxylic acids is 1. The zero-order chi connectivity index (χ0) is 8.81. The van der Waals surface area contributed by atoms with Crippen LogP contribution in [0.2, 0.25) is 0 Å². The summed E-state index contributed by atoms with van der Waals surface area (Å²) in [5.74, 6) is -0.354. The number of allylic oxidation sites excluding steroid dienone is 3. The molecule has 0 radical (unpaired) electrons. The average molecular weight is 163 g/mol. The minimum atomic E-state index is -0.354. The van der Waals surface area contributed by atoms with E-state index in [2.05, 4.69) is 9.73 Å². The van der Waals surface area contributed by atoms with Crippen molar-refractivity contribution in [2.24, 2.45) is 4.99 Å². The van der Waals surface area contributed by atoms with Gasteiger partial charge < -0.3 is 4.74 Å². The maximum absolute atomic E-state index is 11.0. The van der Waals surface area contributed by atoms with Gasteiger partial charge in [0.25, 0.3) is 0 Å². The van der Waals surface area contributed by atoms with Crippen LogP contribution in [0.4, 0.5) is 0 Å². The van der Waals surface area contributed by atoms with Crippen LogP contribution in [0.15, 0.2) is 41.1 Å². The maximum atomic E-state index is 11.0. The molecule has 1 rings (SSSR count). The Labute approximate surface area is 70.8 Å². The highest BCUT2D eigenvalue weighted by Gasteiger charge is 2.03. The summed E-state index contributed by atoms with van der Waals surface area (Å²) in [6, 6.07) is 0. The minimum Gasteiger partial charge on any atom is -0.465 e. The van der Waals surface area contributed by atoms with Crippen molar-refractivity contribution in [1.29, 1.82) is 0 Å². The van der Waals surface area contributed by atoms with E-state index in [0.717, 1.165) is 0 Å². The van der Waals surface area contributed by atoms with E-state index in [0.29, 0.717) is 5.57 Å². The smallest absolute Gasteiger partial charge is 0.337 e. The quantitative estimate of drug-likeness (QED) is 0.545. The van der Waals surface area contributed by atoms with Crippen LogP contribution in [0, 0.1) is 0 Å². The normalized spacial score (nSPS) is 17.6. The predicted octanol–water partition coefficient (Wildman–Crippen LogP) is 1.24. The van der Waals surface area contributed by atoms with Crippen LogP contribution in [0.3, 0.4) is 0 Å². The first kappa shape index (κ1) is 8.46. The number of esters is 1. The van der Waals surface area contributed by atoms with Gasteiger partial charge in [-0.1, -0.05) is 6.08 Å². The van der Waals surface area contributed by atoms with E-state index >= 15 is 0 Å². The Hall–Kier alpha value is -1.64. The molecule has 0 bridgehead atoms. The number of carbonyl (C=O) groups is 1. The molecule has 12 heavy (non-hydrogen) atoms. The molecule has 0 atom stereocenters. The average Bonchev–Trinajstić information content (AvgIpc) is 2.02. The Bertz CT molecular complexity index is 285. The van der Waals surface area contributed by atoms with E-state index in [4.69, 9.17) is 0 Å². The van der Waals surface area contributed by atoms with Crippen LogP contribution in [0.25, 0.3) is 0 Å². The number of hydrogen-bond acceptors (Lipinski definition) is 3. The van der Waals surface area contributed by atoms with Gasteiger partial charge in [0.1, 0.15) is 0 Å². The van der Waals surface area contributed by atoms with Crippen LogP contribution >= 0.6 is 0 Å². The Kier molecular flexibility index (Phi) is 3.02. The van der Waals surface area contributed by atoms with Gasteiger partial charge >= 0.3 is 5.97 Å². The second kappa shape index (κ2) is 4.28. The van der Waals surface area contributed by atoms with E-state index in [-0.39, 0.29) is 5.97 Å². The summed E-state index contributed by atoms with van der Waals surface area (Å²) in [6.07, 6.45) is 9.94. The lowest BCUT2D eigenvalue weighted by Crippen LogP contribution is -2.02. The Balaban J connectivity index is 2.82. The number of methoxy groups -OCH3 is 1. The van der Waals surface area contributed by atoms with E-state index in [9.17, 15) is 4.79 Å². The fourth-order valence-corrected chi connectivity index (χ4v) is 0.741. The molecule has 1 heterocycles. The second-order valence-corrected chi connectivity index (χ2v) is 2.11. The van der Waals surface area contributed by atoms with Crippen molar-refractivity contribution < 1.29 is 9.53 Å². The maximum Gasteiger partial charge on any atom is 0.337 e. The van der Waals surface area contributed by atoms with Gasteiger partial charge in [-0.3, -0.25) is 4.99 Å². The zero-order valence-electron chi connectivity index (χ0n) is 6.73. The molecule has 0 aromatic carbocycles. The largest absolute Gasteiger partial charge is 0.465 e. The van der Waals surface area contributed by atoms with Crippen molar-refractivity contribution in [1.82, 2.24) is 0 Å². The third kappa shape index (κ3) is 2.20. The fraction of sp³-hybridized carbons (Fsp3) is 0.111. The first-order chi connectivity index (χ1) is 5.84. The van der Waals surface area contributed by atoms with Crippen LogP contribution in [0.5, 0.6) is 0 Å². The van der Waals surface area contributed by atoms with Gasteiger partial charge in [0.15, 0.2) is 0 Å². The van der Waals surface area contributed by atoms with Gasteiger partial charge in [-0.15, -0.1) is 0 Å². The van der Waals surface area contributed by atoms with Crippen LogP contribution < -0.4 is 0 Å². The molecule has 0 unspecified atom stereocenters. The van der Waals surface area contributed by atoms with Gasteiger partial charge in [0.05, 0.1) is 12.7 Å². The highest BCUT2D eigenvalue weighted by molar-refractivity contribution is 5.92. The molecule has 0 aromatic rings. The summed E-state index contributed by atoms with van der Waals surface area (Å²) in [7, 11) is 1.35. The second-order valence-electron chi connectivity index (χ2n) is 2.11. The molecule has 0 N–H and O–H groups in total. The Morgan fingerprint density at radius 3 is 3.08 bits per heavy atom. The monoisotopic (exact) mass is 163 g/mol. The minimum absolute atomic E-state index is 0.354. The molecule has 1 aliphatic rings. The molecule has 0 fully saturated rings. The lowest BCUT2D eigenvalue weighted by molar-refractivity contribution is -0.135. The zero-order valence-corrected chi connectivity index (χ0v) is 6.73. The number of rotatable bonds is 1. The van der Waals surface area contributed by atoms with E-state index in [1.54, 1.807) is 36.7 Å². The third-order valence-corrected chi connectivity index (χ3v) is 1.32. The van der Waals surface area contributed by atoms with Crippen LogP contribution in [-0.2, 0) is 9.53 Å². The highest BCUT2D eigenvalue weighted by atomic mass is 16.5.